The maximum atomic E-state index is 13.4. The van der Waals surface area contributed by atoms with Crippen molar-refractivity contribution in [2.45, 2.75) is 6.61 Å². The van der Waals surface area contributed by atoms with Gasteiger partial charge in [0.05, 0.1) is 5.56 Å². The number of nitrogens with two attached hydrogens (primary N) is 1. The third-order valence-corrected chi connectivity index (χ3v) is 2.75. The zero-order valence-corrected chi connectivity index (χ0v) is 10.7. The lowest BCUT2D eigenvalue weighted by Gasteiger charge is -2.06. The summed E-state index contributed by atoms with van der Waals surface area (Å²) in [6.07, 6.45) is 0. The molecule has 0 aliphatic heterocycles. The van der Waals surface area contributed by atoms with E-state index in [1.54, 1.807) is 24.3 Å². The molecular weight excluding hydrogens is 269 g/mol. The molecular formula is C14H11ClFNO2. The van der Waals surface area contributed by atoms with Crippen molar-refractivity contribution >= 4 is 23.3 Å². The third-order valence-electron chi connectivity index (χ3n) is 2.51. The van der Waals surface area contributed by atoms with E-state index < -0.39 is 11.8 Å². The van der Waals surface area contributed by atoms with Crippen molar-refractivity contribution in [3.8, 4) is 0 Å². The summed E-state index contributed by atoms with van der Waals surface area (Å²) >= 11 is 5.75. The number of carbonyl (C=O) groups excluding carboxylic acids is 1. The molecule has 0 atom stereocenters. The lowest BCUT2D eigenvalue weighted by atomic mass is 10.2. The zero-order valence-electron chi connectivity index (χ0n) is 9.90. The number of halogens is 2. The van der Waals surface area contributed by atoms with E-state index in [1.165, 1.54) is 18.2 Å². The van der Waals surface area contributed by atoms with E-state index in [1.807, 2.05) is 0 Å². The molecule has 0 amide bonds. The first-order chi connectivity index (χ1) is 9.06. The van der Waals surface area contributed by atoms with Gasteiger partial charge in [0.25, 0.3) is 0 Å². The Kier molecular flexibility index (Phi) is 4.02. The minimum Gasteiger partial charge on any atom is -0.457 e. The minimum atomic E-state index is -0.542. The summed E-state index contributed by atoms with van der Waals surface area (Å²) in [5, 5.41) is 0.389. The van der Waals surface area contributed by atoms with E-state index in [-0.39, 0.29) is 12.2 Å². The molecule has 2 N–H and O–H groups in total. The molecule has 2 aromatic rings. The molecule has 0 spiro atoms. The van der Waals surface area contributed by atoms with E-state index >= 15 is 0 Å². The topological polar surface area (TPSA) is 52.3 Å². The van der Waals surface area contributed by atoms with E-state index in [0.717, 1.165) is 0 Å². The van der Waals surface area contributed by atoms with Crippen molar-refractivity contribution in [1.29, 1.82) is 0 Å². The number of anilines is 1. The standard InChI is InChI=1S/C14H11ClFNO2/c15-11-3-6-13(16)10(7-11)8-19-14(18)9-1-4-12(17)5-2-9/h1-7H,8,17H2. The Bertz CT molecular complexity index is 599. The number of nitrogen functional groups attached to an aromatic ring is 1. The molecule has 98 valence electrons. The van der Waals surface area contributed by atoms with Gasteiger partial charge in [-0.3, -0.25) is 0 Å². The first-order valence-corrected chi connectivity index (χ1v) is 5.90. The molecule has 0 heterocycles. The van der Waals surface area contributed by atoms with Crippen LogP contribution in [0.5, 0.6) is 0 Å². The summed E-state index contributed by atoms with van der Waals surface area (Å²) in [4.78, 5) is 11.7. The second-order valence-electron chi connectivity index (χ2n) is 3.93. The van der Waals surface area contributed by atoms with Gasteiger partial charge in [-0.15, -0.1) is 0 Å². The molecule has 0 aromatic heterocycles. The first-order valence-electron chi connectivity index (χ1n) is 5.53. The average molecular weight is 280 g/mol. The fourth-order valence-electron chi connectivity index (χ4n) is 1.50. The molecule has 0 radical (unpaired) electrons. The number of carbonyl (C=O) groups is 1. The summed E-state index contributed by atoms with van der Waals surface area (Å²) in [5.41, 5.74) is 6.66. The highest BCUT2D eigenvalue weighted by Gasteiger charge is 2.09. The molecule has 0 fully saturated rings. The van der Waals surface area contributed by atoms with E-state index in [0.29, 0.717) is 16.3 Å². The van der Waals surface area contributed by atoms with E-state index in [2.05, 4.69) is 0 Å². The van der Waals surface area contributed by atoms with Crippen LogP contribution in [0.2, 0.25) is 5.02 Å². The molecule has 0 saturated carbocycles. The second kappa shape index (κ2) is 5.71. The van der Waals surface area contributed by atoms with Gasteiger partial charge >= 0.3 is 5.97 Å². The van der Waals surface area contributed by atoms with Crippen molar-refractivity contribution in [3.05, 3.63) is 64.4 Å². The number of benzene rings is 2. The molecule has 19 heavy (non-hydrogen) atoms. The second-order valence-corrected chi connectivity index (χ2v) is 4.37. The van der Waals surface area contributed by atoms with Crippen molar-refractivity contribution in [2.24, 2.45) is 0 Å². The van der Waals surface area contributed by atoms with Crippen LogP contribution < -0.4 is 5.73 Å². The predicted molar refractivity (Wildman–Crippen MR) is 71.4 cm³/mol. The van der Waals surface area contributed by atoms with Crippen molar-refractivity contribution in [2.75, 3.05) is 5.73 Å². The van der Waals surface area contributed by atoms with E-state index in [9.17, 15) is 9.18 Å². The highest BCUT2D eigenvalue weighted by Crippen LogP contribution is 2.16. The maximum Gasteiger partial charge on any atom is 0.338 e. The molecule has 3 nitrogen and oxygen atoms in total. The van der Waals surface area contributed by atoms with Gasteiger partial charge in [-0.1, -0.05) is 11.6 Å². The number of hydrogen-bond acceptors (Lipinski definition) is 3. The predicted octanol–water partition coefficient (Wildman–Crippen LogP) is 3.42. The van der Waals surface area contributed by atoms with Crippen molar-refractivity contribution in [3.63, 3.8) is 0 Å². The zero-order chi connectivity index (χ0) is 13.8. The largest absolute Gasteiger partial charge is 0.457 e. The Labute approximate surface area is 114 Å². The van der Waals surface area contributed by atoms with Gasteiger partial charge in [0.1, 0.15) is 12.4 Å². The lowest BCUT2D eigenvalue weighted by molar-refractivity contribution is 0.0469. The van der Waals surface area contributed by atoms with Gasteiger partial charge in [-0.05, 0) is 42.5 Å². The van der Waals surface area contributed by atoms with Crippen LogP contribution >= 0.6 is 11.6 Å². The van der Waals surface area contributed by atoms with Crippen LogP contribution in [-0.2, 0) is 11.3 Å². The number of esters is 1. The van der Waals surface area contributed by atoms with Crippen LogP contribution in [0.4, 0.5) is 10.1 Å². The molecule has 0 aliphatic carbocycles. The van der Waals surface area contributed by atoms with Gasteiger partial charge in [-0.2, -0.15) is 0 Å². The van der Waals surface area contributed by atoms with Crippen LogP contribution in [0, 0.1) is 5.82 Å². The molecule has 0 saturated heterocycles. The lowest BCUT2D eigenvalue weighted by Crippen LogP contribution is -2.06. The minimum absolute atomic E-state index is 0.171. The molecule has 5 heteroatoms. The highest BCUT2D eigenvalue weighted by molar-refractivity contribution is 6.30. The summed E-state index contributed by atoms with van der Waals surface area (Å²) < 4.78 is 18.4. The molecule has 0 unspecified atom stereocenters. The summed E-state index contributed by atoms with van der Waals surface area (Å²) in [7, 11) is 0. The number of rotatable bonds is 3. The normalized spacial score (nSPS) is 10.2. The third kappa shape index (κ3) is 3.45. The Hall–Kier alpha value is -2.07. The SMILES string of the molecule is Nc1ccc(C(=O)OCc2cc(Cl)ccc2F)cc1. The number of ether oxygens (including phenoxy) is 1. The van der Waals surface area contributed by atoms with E-state index in [4.69, 9.17) is 22.1 Å². The molecule has 0 bridgehead atoms. The molecule has 0 aliphatic rings. The fraction of sp³-hybridized carbons (Fsp3) is 0.0714. The average Bonchev–Trinajstić information content (AvgIpc) is 2.40. The van der Waals surface area contributed by atoms with Crippen LogP contribution in [0.3, 0.4) is 0 Å². The van der Waals surface area contributed by atoms with Gasteiger partial charge in [-0.25, -0.2) is 9.18 Å². The smallest absolute Gasteiger partial charge is 0.338 e. The van der Waals surface area contributed by atoms with Crippen LogP contribution in [0.25, 0.3) is 0 Å². The summed E-state index contributed by atoms with van der Waals surface area (Å²) in [5.74, 6) is -1.01. The molecule has 2 aromatic carbocycles. The van der Waals surface area contributed by atoms with Crippen LogP contribution in [0.1, 0.15) is 15.9 Å². The van der Waals surface area contributed by atoms with Gasteiger partial charge in [0, 0.05) is 16.3 Å². The Balaban J connectivity index is 2.04. The van der Waals surface area contributed by atoms with Gasteiger partial charge in [0.15, 0.2) is 0 Å². The van der Waals surface area contributed by atoms with Crippen LogP contribution in [0.15, 0.2) is 42.5 Å². The van der Waals surface area contributed by atoms with Crippen molar-refractivity contribution < 1.29 is 13.9 Å². The van der Waals surface area contributed by atoms with Gasteiger partial charge in [0.2, 0.25) is 0 Å². The molecule has 2 rings (SSSR count). The fourth-order valence-corrected chi connectivity index (χ4v) is 1.69. The Morgan fingerprint density at radius 2 is 1.89 bits per heavy atom. The first kappa shape index (κ1) is 13.4. The summed E-state index contributed by atoms with van der Waals surface area (Å²) in [6.45, 7) is -0.171. The van der Waals surface area contributed by atoms with Crippen molar-refractivity contribution in [1.82, 2.24) is 0 Å². The summed E-state index contributed by atoms with van der Waals surface area (Å²) in [6, 6.07) is 10.4. The monoisotopic (exact) mass is 279 g/mol. The Morgan fingerprint density at radius 3 is 2.58 bits per heavy atom. The number of hydrogen-bond donors (Lipinski definition) is 1. The quantitative estimate of drug-likeness (QED) is 0.692. The Morgan fingerprint density at radius 1 is 1.21 bits per heavy atom. The maximum absolute atomic E-state index is 13.4. The highest BCUT2D eigenvalue weighted by atomic mass is 35.5. The van der Waals surface area contributed by atoms with Gasteiger partial charge < -0.3 is 10.5 Å². The van der Waals surface area contributed by atoms with Crippen LogP contribution in [-0.4, -0.2) is 5.97 Å².